The predicted octanol–water partition coefficient (Wildman–Crippen LogP) is 4.15. The van der Waals surface area contributed by atoms with Gasteiger partial charge in [0, 0.05) is 6.42 Å². The SMILES string of the molecule is O=C1CC(Oc2ccc(F)cc2Cl)C12CCCCC2. The molecule has 1 spiro atoms. The number of hydrogen-bond donors (Lipinski definition) is 0. The molecular formula is C15H16ClFO2. The number of carbonyl (C=O) groups excluding carboxylic acids is 1. The van der Waals surface area contributed by atoms with Crippen LogP contribution in [0.15, 0.2) is 18.2 Å². The lowest BCUT2D eigenvalue weighted by molar-refractivity contribution is -0.156. The van der Waals surface area contributed by atoms with Crippen molar-refractivity contribution in [3.05, 3.63) is 29.0 Å². The number of benzene rings is 1. The first-order valence-electron chi connectivity index (χ1n) is 6.77. The fourth-order valence-corrected chi connectivity index (χ4v) is 3.49. The molecule has 2 aliphatic carbocycles. The Morgan fingerprint density at radius 3 is 2.63 bits per heavy atom. The molecule has 0 aromatic heterocycles. The Morgan fingerprint density at radius 2 is 2.00 bits per heavy atom. The minimum Gasteiger partial charge on any atom is -0.487 e. The summed E-state index contributed by atoms with van der Waals surface area (Å²) in [6.07, 6.45) is 5.55. The van der Waals surface area contributed by atoms with Gasteiger partial charge < -0.3 is 4.74 Å². The van der Waals surface area contributed by atoms with Gasteiger partial charge in [-0.2, -0.15) is 0 Å². The Hall–Kier alpha value is -1.09. The van der Waals surface area contributed by atoms with E-state index in [1.807, 2.05) is 0 Å². The van der Waals surface area contributed by atoms with E-state index in [4.69, 9.17) is 16.3 Å². The first-order valence-corrected chi connectivity index (χ1v) is 7.15. The van der Waals surface area contributed by atoms with Crippen molar-refractivity contribution in [1.82, 2.24) is 0 Å². The molecule has 0 bridgehead atoms. The Labute approximate surface area is 116 Å². The predicted molar refractivity (Wildman–Crippen MR) is 71.0 cm³/mol. The molecule has 0 aliphatic heterocycles. The third kappa shape index (κ3) is 2.14. The maximum absolute atomic E-state index is 13.0. The second-order valence-corrected chi connectivity index (χ2v) is 5.93. The van der Waals surface area contributed by atoms with Gasteiger partial charge in [-0.05, 0) is 31.0 Å². The Balaban J connectivity index is 1.78. The van der Waals surface area contributed by atoms with E-state index in [9.17, 15) is 9.18 Å². The second-order valence-electron chi connectivity index (χ2n) is 5.53. The molecule has 2 nitrogen and oxygen atoms in total. The second kappa shape index (κ2) is 4.78. The molecule has 0 heterocycles. The van der Waals surface area contributed by atoms with Gasteiger partial charge in [-0.25, -0.2) is 4.39 Å². The number of halogens is 2. The summed E-state index contributed by atoms with van der Waals surface area (Å²) in [4.78, 5) is 12.0. The largest absolute Gasteiger partial charge is 0.487 e. The third-order valence-electron chi connectivity index (χ3n) is 4.45. The number of hydrogen-bond acceptors (Lipinski definition) is 2. The smallest absolute Gasteiger partial charge is 0.146 e. The normalized spacial score (nSPS) is 25.2. The molecule has 0 N–H and O–H groups in total. The van der Waals surface area contributed by atoms with E-state index in [-0.39, 0.29) is 22.4 Å². The lowest BCUT2D eigenvalue weighted by Gasteiger charge is -2.49. The minimum absolute atomic E-state index is 0.0942. The molecule has 2 fully saturated rings. The zero-order valence-electron chi connectivity index (χ0n) is 10.6. The van der Waals surface area contributed by atoms with Gasteiger partial charge in [0.05, 0.1) is 10.4 Å². The molecule has 19 heavy (non-hydrogen) atoms. The summed E-state index contributed by atoms with van der Waals surface area (Å²) in [5.41, 5.74) is -0.296. The lowest BCUT2D eigenvalue weighted by atomic mass is 9.57. The van der Waals surface area contributed by atoms with Crippen LogP contribution in [-0.4, -0.2) is 11.9 Å². The number of ketones is 1. The number of Topliss-reactive ketones (excluding diaryl/α,β-unsaturated/α-hetero) is 1. The topological polar surface area (TPSA) is 26.3 Å². The zero-order chi connectivity index (χ0) is 13.5. The van der Waals surface area contributed by atoms with Crippen LogP contribution in [0.3, 0.4) is 0 Å². The van der Waals surface area contributed by atoms with Gasteiger partial charge >= 0.3 is 0 Å². The van der Waals surface area contributed by atoms with Crippen molar-refractivity contribution >= 4 is 17.4 Å². The molecule has 1 atom stereocenters. The highest BCUT2D eigenvalue weighted by molar-refractivity contribution is 6.32. The molecule has 0 saturated heterocycles. The molecule has 0 radical (unpaired) electrons. The van der Waals surface area contributed by atoms with Crippen LogP contribution < -0.4 is 4.74 Å². The van der Waals surface area contributed by atoms with Crippen molar-refractivity contribution in [2.45, 2.75) is 44.6 Å². The lowest BCUT2D eigenvalue weighted by Crippen LogP contribution is -2.57. The Morgan fingerprint density at radius 1 is 1.26 bits per heavy atom. The van der Waals surface area contributed by atoms with Crippen LogP contribution in [0.5, 0.6) is 5.75 Å². The highest BCUT2D eigenvalue weighted by atomic mass is 35.5. The first kappa shape index (κ1) is 12.9. The van der Waals surface area contributed by atoms with Crippen molar-refractivity contribution < 1.29 is 13.9 Å². The third-order valence-corrected chi connectivity index (χ3v) is 4.75. The van der Waals surface area contributed by atoms with Gasteiger partial charge in [-0.1, -0.05) is 30.9 Å². The van der Waals surface area contributed by atoms with Gasteiger partial charge in [0.2, 0.25) is 0 Å². The van der Waals surface area contributed by atoms with Crippen LogP contribution >= 0.6 is 11.6 Å². The molecule has 3 rings (SSSR count). The maximum atomic E-state index is 13.0. The number of carbonyl (C=O) groups is 1. The minimum atomic E-state index is -0.380. The van der Waals surface area contributed by atoms with E-state index in [2.05, 4.69) is 0 Å². The van der Waals surface area contributed by atoms with Gasteiger partial charge in [-0.3, -0.25) is 4.79 Å². The molecule has 0 amide bonds. The summed E-state index contributed by atoms with van der Waals surface area (Å²) in [6.45, 7) is 0. The quantitative estimate of drug-likeness (QED) is 0.814. The van der Waals surface area contributed by atoms with Crippen molar-refractivity contribution in [1.29, 1.82) is 0 Å². The zero-order valence-corrected chi connectivity index (χ0v) is 11.4. The van der Waals surface area contributed by atoms with Crippen LogP contribution in [0.4, 0.5) is 4.39 Å². The van der Waals surface area contributed by atoms with E-state index in [0.29, 0.717) is 18.0 Å². The summed E-state index contributed by atoms with van der Waals surface area (Å²) in [6, 6.07) is 4.11. The van der Waals surface area contributed by atoms with Gasteiger partial charge in [0.25, 0.3) is 0 Å². The number of ether oxygens (including phenoxy) is 1. The summed E-state index contributed by atoms with van der Waals surface area (Å²) in [7, 11) is 0. The maximum Gasteiger partial charge on any atom is 0.146 e. The van der Waals surface area contributed by atoms with E-state index in [0.717, 1.165) is 25.7 Å². The van der Waals surface area contributed by atoms with Crippen LogP contribution in [0, 0.1) is 11.2 Å². The van der Waals surface area contributed by atoms with Crippen LogP contribution in [0.25, 0.3) is 0 Å². The van der Waals surface area contributed by atoms with E-state index >= 15 is 0 Å². The monoisotopic (exact) mass is 282 g/mol. The molecular weight excluding hydrogens is 267 g/mol. The summed E-state index contributed by atoms with van der Waals surface area (Å²) in [5, 5.41) is 0.269. The average molecular weight is 283 g/mol. The summed E-state index contributed by atoms with van der Waals surface area (Å²) in [5.74, 6) is 0.412. The molecule has 1 aromatic carbocycles. The van der Waals surface area contributed by atoms with Crippen molar-refractivity contribution in [2.75, 3.05) is 0 Å². The Kier molecular flexibility index (Phi) is 3.25. The molecule has 2 aliphatic rings. The number of rotatable bonds is 2. The molecule has 4 heteroatoms. The summed E-state index contributed by atoms with van der Waals surface area (Å²) < 4.78 is 18.9. The first-order chi connectivity index (χ1) is 9.12. The highest BCUT2D eigenvalue weighted by Crippen LogP contribution is 2.50. The van der Waals surface area contributed by atoms with Crippen LogP contribution in [0.1, 0.15) is 38.5 Å². The van der Waals surface area contributed by atoms with Crippen molar-refractivity contribution in [2.24, 2.45) is 5.41 Å². The fraction of sp³-hybridized carbons (Fsp3) is 0.533. The fourth-order valence-electron chi connectivity index (χ4n) is 3.28. The summed E-state index contributed by atoms with van der Waals surface area (Å²) >= 11 is 5.97. The molecule has 1 aromatic rings. The molecule has 1 unspecified atom stereocenters. The van der Waals surface area contributed by atoms with Gasteiger partial charge in [-0.15, -0.1) is 0 Å². The average Bonchev–Trinajstić information content (AvgIpc) is 2.42. The van der Waals surface area contributed by atoms with Crippen LogP contribution in [0.2, 0.25) is 5.02 Å². The molecule has 2 saturated carbocycles. The van der Waals surface area contributed by atoms with Crippen molar-refractivity contribution in [3.8, 4) is 5.75 Å². The highest BCUT2D eigenvalue weighted by Gasteiger charge is 2.56. The standard InChI is InChI=1S/C15H16ClFO2/c16-11-8-10(17)4-5-12(11)19-14-9-13(18)15(14)6-2-1-3-7-15/h4-5,8,14H,1-3,6-7,9H2. The van der Waals surface area contributed by atoms with E-state index in [1.54, 1.807) is 0 Å². The van der Waals surface area contributed by atoms with E-state index < -0.39 is 0 Å². The van der Waals surface area contributed by atoms with Crippen molar-refractivity contribution in [3.63, 3.8) is 0 Å². The molecule has 102 valence electrons. The Bertz CT molecular complexity index is 509. The van der Waals surface area contributed by atoms with Gasteiger partial charge in [0.15, 0.2) is 0 Å². The van der Waals surface area contributed by atoms with Gasteiger partial charge in [0.1, 0.15) is 23.5 Å². The van der Waals surface area contributed by atoms with E-state index in [1.165, 1.54) is 24.6 Å². The van der Waals surface area contributed by atoms with Crippen LogP contribution in [-0.2, 0) is 4.79 Å².